The second-order valence-corrected chi connectivity index (χ2v) is 6.00. The number of hydrogen-bond acceptors (Lipinski definition) is 3. The molecule has 0 atom stereocenters. The molecular weight excluding hydrogens is 349 g/mol. The molecule has 26 heavy (non-hydrogen) atoms. The number of nitro groups is 1. The largest absolute Gasteiger partial charge is 0.487 e. The molecule has 0 aliphatic heterocycles. The third kappa shape index (κ3) is 4.01. The van der Waals surface area contributed by atoms with Crippen LogP contribution in [0.4, 0.5) is 18.9 Å². The van der Waals surface area contributed by atoms with Crippen molar-refractivity contribution in [2.24, 2.45) is 0 Å². The van der Waals surface area contributed by atoms with Crippen molar-refractivity contribution in [2.75, 3.05) is 0 Å². The maximum atomic E-state index is 13.5. The number of carbonyl (C=O) groups excluding carboxylic acids is 1. The zero-order chi connectivity index (χ0) is 19.6. The number of alkyl halides is 3. The average molecular weight is 366 g/mol. The molecule has 0 aliphatic carbocycles. The molecule has 0 fully saturated rings. The molecule has 0 spiro atoms. The number of aryl methyl sites for hydroxylation is 3. The van der Waals surface area contributed by atoms with E-state index in [9.17, 15) is 28.1 Å². The van der Waals surface area contributed by atoms with Crippen molar-refractivity contribution in [1.29, 1.82) is 0 Å². The second-order valence-electron chi connectivity index (χ2n) is 6.00. The number of amides is 1. The van der Waals surface area contributed by atoms with Crippen LogP contribution in [0.2, 0.25) is 0 Å². The quantitative estimate of drug-likeness (QED) is 0.448. The number of halogens is 3. The highest BCUT2D eigenvalue weighted by Crippen LogP contribution is 2.30. The summed E-state index contributed by atoms with van der Waals surface area (Å²) >= 11 is 0. The summed E-state index contributed by atoms with van der Waals surface area (Å²) in [4.78, 5) is 22.7. The van der Waals surface area contributed by atoms with E-state index in [1.807, 2.05) is 0 Å². The Balaban J connectivity index is 2.47. The highest BCUT2D eigenvalue weighted by atomic mass is 19.4. The summed E-state index contributed by atoms with van der Waals surface area (Å²) in [6, 6.07) is 8.73. The van der Waals surface area contributed by atoms with Crippen LogP contribution in [0.1, 0.15) is 32.6 Å². The van der Waals surface area contributed by atoms with Crippen molar-refractivity contribution in [1.82, 2.24) is 4.90 Å². The molecule has 138 valence electrons. The fraction of sp³-hybridized carbons (Fsp3) is 0.278. The van der Waals surface area contributed by atoms with Crippen LogP contribution < -0.4 is 0 Å². The summed E-state index contributed by atoms with van der Waals surface area (Å²) in [5.74, 6) is -1.24. The summed E-state index contributed by atoms with van der Waals surface area (Å²) in [6.45, 7) is 3.79. The number of nitro benzene ring substituents is 1. The minimum Gasteiger partial charge on any atom is -0.269 e. The van der Waals surface area contributed by atoms with Gasteiger partial charge in [0.2, 0.25) is 0 Å². The number of carbonyl (C=O) groups is 1. The summed E-state index contributed by atoms with van der Waals surface area (Å²) in [7, 11) is 0. The lowest BCUT2D eigenvalue weighted by Gasteiger charge is -2.26. The standard InChI is InChI=1S/C18H17F3N2O3/c1-11-6-4-5-7-14(11)10-22(18(19,20)21)17(24)15-8-13(3)16(23(25)26)9-12(15)2/h4-9H,10H2,1-3H3. The molecule has 5 nitrogen and oxygen atoms in total. The Morgan fingerprint density at radius 2 is 1.69 bits per heavy atom. The van der Waals surface area contributed by atoms with Crippen LogP contribution in [-0.2, 0) is 6.54 Å². The average Bonchev–Trinajstić information content (AvgIpc) is 2.54. The molecule has 0 bridgehead atoms. The lowest BCUT2D eigenvalue weighted by molar-refractivity contribution is -0.385. The number of nitrogens with zero attached hydrogens (tertiary/aromatic N) is 2. The molecule has 0 aromatic heterocycles. The van der Waals surface area contributed by atoms with Gasteiger partial charge in [-0.05, 0) is 43.5 Å². The molecule has 0 aliphatic rings. The second kappa shape index (κ2) is 7.15. The van der Waals surface area contributed by atoms with Crippen molar-refractivity contribution >= 4 is 11.6 Å². The smallest absolute Gasteiger partial charge is 0.269 e. The van der Waals surface area contributed by atoms with Gasteiger partial charge in [0.1, 0.15) is 0 Å². The molecule has 0 radical (unpaired) electrons. The van der Waals surface area contributed by atoms with Gasteiger partial charge in [0.25, 0.3) is 11.6 Å². The van der Waals surface area contributed by atoms with Gasteiger partial charge in [-0.2, -0.15) is 0 Å². The van der Waals surface area contributed by atoms with Gasteiger partial charge in [-0.25, -0.2) is 4.90 Å². The fourth-order valence-electron chi connectivity index (χ4n) is 2.61. The third-order valence-electron chi connectivity index (χ3n) is 4.11. The third-order valence-corrected chi connectivity index (χ3v) is 4.11. The molecule has 2 aromatic rings. The van der Waals surface area contributed by atoms with Gasteiger partial charge >= 0.3 is 6.30 Å². The number of benzene rings is 2. The van der Waals surface area contributed by atoms with Gasteiger partial charge in [-0.15, -0.1) is 13.2 Å². The van der Waals surface area contributed by atoms with Crippen molar-refractivity contribution < 1.29 is 22.9 Å². The van der Waals surface area contributed by atoms with Crippen molar-refractivity contribution in [3.8, 4) is 0 Å². The van der Waals surface area contributed by atoms with E-state index in [-0.39, 0.29) is 27.3 Å². The van der Waals surface area contributed by atoms with Crippen LogP contribution in [0, 0.1) is 30.9 Å². The van der Waals surface area contributed by atoms with E-state index in [2.05, 4.69) is 0 Å². The van der Waals surface area contributed by atoms with Gasteiger partial charge in [0, 0.05) is 17.2 Å². The summed E-state index contributed by atoms with van der Waals surface area (Å²) in [5, 5.41) is 11.0. The molecule has 0 heterocycles. The molecule has 8 heteroatoms. The minimum absolute atomic E-state index is 0.117. The highest BCUT2D eigenvalue weighted by molar-refractivity contribution is 5.96. The van der Waals surface area contributed by atoms with Gasteiger partial charge in [0.15, 0.2) is 0 Å². The van der Waals surface area contributed by atoms with Crippen LogP contribution in [0.15, 0.2) is 36.4 Å². The number of rotatable bonds is 4. The summed E-state index contributed by atoms with van der Waals surface area (Å²) < 4.78 is 40.5. The topological polar surface area (TPSA) is 63.5 Å². The van der Waals surface area contributed by atoms with Crippen LogP contribution in [0.5, 0.6) is 0 Å². The van der Waals surface area contributed by atoms with Crippen molar-refractivity contribution in [3.05, 3.63) is 74.3 Å². The van der Waals surface area contributed by atoms with E-state index in [0.29, 0.717) is 11.1 Å². The first-order valence-electron chi connectivity index (χ1n) is 7.71. The minimum atomic E-state index is -4.89. The Morgan fingerprint density at radius 1 is 1.08 bits per heavy atom. The lowest BCUT2D eigenvalue weighted by atomic mass is 10.0. The predicted molar refractivity (Wildman–Crippen MR) is 89.7 cm³/mol. The predicted octanol–water partition coefficient (Wildman–Crippen LogP) is 4.68. The number of hydrogen-bond donors (Lipinski definition) is 0. The Hall–Kier alpha value is -2.90. The first-order valence-corrected chi connectivity index (χ1v) is 7.71. The maximum absolute atomic E-state index is 13.5. The molecule has 0 N–H and O–H groups in total. The van der Waals surface area contributed by atoms with E-state index < -0.39 is 23.7 Å². The molecule has 0 unspecified atom stereocenters. The Morgan fingerprint density at radius 3 is 2.23 bits per heavy atom. The van der Waals surface area contributed by atoms with Crippen LogP contribution in [0.25, 0.3) is 0 Å². The molecule has 1 amide bonds. The molecule has 0 saturated heterocycles. The van der Waals surface area contributed by atoms with Gasteiger partial charge in [0.05, 0.1) is 11.5 Å². The monoisotopic (exact) mass is 366 g/mol. The highest BCUT2D eigenvalue weighted by Gasteiger charge is 2.42. The van der Waals surface area contributed by atoms with E-state index >= 15 is 0 Å². The van der Waals surface area contributed by atoms with E-state index in [1.165, 1.54) is 19.9 Å². The van der Waals surface area contributed by atoms with Crippen molar-refractivity contribution in [2.45, 2.75) is 33.6 Å². The van der Waals surface area contributed by atoms with Gasteiger partial charge < -0.3 is 0 Å². The van der Waals surface area contributed by atoms with E-state index in [4.69, 9.17) is 0 Å². The van der Waals surface area contributed by atoms with Gasteiger partial charge in [-0.3, -0.25) is 14.9 Å². The van der Waals surface area contributed by atoms with E-state index in [1.54, 1.807) is 25.1 Å². The van der Waals surface area contributed by atoms with Crippen LogP contribution in [0.3, 0.4) is 0 Å². The molecular formula is C18H17F3N2O3. The molecule has 0 saturated carbocycles. The van der Waals surface area contributed by atoms with Crippen LogP contribution >= 0.6 is 0 Å². The fourth-order valence-corrected chi connectivity index (χ4v) is 2.61. The zero-order valence-corrected chi connectivity index (χ0v) is 14.4. The Bertz CT molecular complexity index is 863. The maximum Gasteiger partial charge on any atom is 0.487 e. The Labute approximate surface area is 148 Å². The molecule has 2 aromatic carbocycles. The molecule has 2 rings (SSSR count). The normalized spacial score (nSPS) is 11.3. The Kier molecular flexibility index (Phi) is 5.34. The summed E-state index contributed by atoms with van der Waals surface area (Å²) in [6.07, 6.45) is -4.89. The summed E-state index contributed by atoms with van der Waals surface area (Å²) in [5.41, 5.74) is 0.796. The van der Waals surface area contributed by atoms with E-state index in [0.717, 1.165) is 12.1 Å². The van der Waals surface area contributed by atoms with Crippen molar-refractivity contribution in [3.63, 3.8) is 0 Å². The zero-order valence-electron chi connectivity index (χ0n) is 14.4. The van der Waals surface area contributed by atoms with Gasteiger partial charge in [-0.1, -0.05) is 24.3 Å². The first-order chi connectivity index (χ1) is 12.0. The van der Waals surface area contributed by atoms with Crippen LogP contribution in [-0.4, -0.2) is 22.0 Å². The SMILES string of the molecule is Cc1ccccc1CN(C(=O)c1cc(C)c([N+](=O)[O-])cc1C)C(F)(F)F. The first kappa shape index (κ1) is 19.4. The lowest BCUT2D eigenvalue weighted by Crippen LogP contribution is -2.42.